The third-order valence-electron chi connectivity index (χ3n) is 3.62. The lowest BCUT2D eigenvalue weighted by Gasteiger charge is -2.28. The van der Waals surface area contributed by atoms with Gasteiger partial charge in [0.1, 0.15) is 0 Å². The minimum Gasteiger partial charge on any atom is -0.313 e. The van der Waals surface area contributed by atoms with Gasteiger partial charge < -0.3 is 5.32 Å². The molecule has 2 unspecified atom stereocenters. The molecule has 0 saturated carbocycles. The normalized spacial score (nSPS) is 15.4. The monoisotopic (exact) mass is 332 g/mol. The van der Waals surface area contributed by atoms with E-state index in [4.69, 9.17) is 11.6 Å². The van der Waals surface area contributed by atoms with E-state index in [2.05, 4.69) is 5.32 Å². The molecule has 1 aromatic rings. The molecule has 0 aliphatic carbocycles. The molecule has 6 heteroatoms. The van der Waals surface area contributed by atoms with Gasteiger partial charge in [0.05, 0.1) is 5.25 Å². The topological polar surface area (TPSA) is 49.4 Å². The van der Waals surface area contributed by atoms with Crippen molar-refractivity contribution in [2.45, 2.75) is 45.0 Å². The van der Waals surface area contributed by atoms with Gasteiger partial charge in [-0.15, -0.1) is 0 Å². The number of benzene rings is 1. The molecule has 0 fully saturated rings. The Kier molecular flexibility index (Phi) is 6.66. The first-order chi connectivity index (χ1) is 9.67. The lowest BCUT2D eigenvalue weighted by molar-refractivity contribution is 0.390. The molecule has 0 aliphatic heterocycles. The number of hydrogen-bond donors (Lipinski definition) is 1. The fourth-order valence-corrected chi connectivity index (χ4v) is 3.74. The first-order valence-electron chi connectivity index (χ1n) is 7.12. The average molecular weight is 333 g/mol. The van der Waals surface area contributed by atoms with Crippen molar-refractivity contribution >= 4 is 21.6 Å². The fourth-order valence-electron chi connectivity index (χ4n) is 2.02. The van der Waals surface area contributed by atoms with Crippen molar-refractivity contribution in [1.82, 2.24) is 9.62 Å². The number of nitrogens with one attached hydrogen (secondary N) is 1. The van der Waals surface area contributed by atoms with Crippen LogP contribution in [0.25, 0.3) is 0 Å². The van der Waals surface area contributed by atoms with E-state index in [1.54, 1.807) is 20.0 Å². The van der Waals surface area contributed by atoms with Crippen molar-refractivity contribution in [1.29, 1.82) is 0 Å². The zero-order valence-electron chi connectivity index (χ0n) is 13.3. The number of halogens is 1. The molecular weight excluding hydrogens is 308 g/mol. The zero-order valence-corrected chi connectivity index (χ0v) is 14.9. The van der Waals surface area contributed by atoms with Crippen LogP contribution in [-0.4, -0.2) is 37.6 Å². The summed E-state index contributed by atoms with van der Waals surface area (Å²) in [5.74, 6) is 0. The molecule has 4 nitrogen and oxygen atoms in total. The van der Waals surface area contributed by atoms with E-state index in [1.807, 2.05) is 39.0 Å². The van der Waals surface area contributed by atoms with Crippen LogP contribution in [0.2, 0.25) is 5.02 Å². The van der Waals surface area contributed by atoms with Crippen LogP contribution >= 0.6 is 11.6 Å². The summed E-state index contributed by atoms with van der Waals surface area (Å²) in [6, 6.07) is 7.29. The SMILES string of the molecule is CC(C)NCC(C)S(=O)(=O)N(C)C(C)c1ccccc1Cl. The molecule has 21 heavy (non-hydrogen) atoms. The van der Waals surface area contributed by atoms with E-state index < -0.39 is 15.3 Å². The Balaban J connectivity index is 2.90. The lowest BCUT2D eigenvalue weighted by Crippen LogP contribution is -2.42. The second-order valence-electron chi connectivity index (χ2n) is 5.63. The number of sulfonamides is 1. The maximum atomic E-state index is 12.6. The molecule has 0 aromatic heterocycles. The molecule has 120 valence electrons. The van der Waals surface area contributed by atoms with Crippen LogP contribution in [0.4, 0.5) is 0 Å². The van der Waals surface area contributed by atoms with Gasteiger partial charge in [-0.3, -0.25) is 0 Å². The van der Waals surface area contributed by atoms with Crippen molar-refractivity contribution in [3.63, 3.8) is 0 Å². The highest BCUT2D eigenvalue weighted by Crippen LogP contribution is 2.28. The summed E-state index contributed by atoms with van der Waals surface area (Å²) in [7, 11) is -1.78. The molecule has 0 aliphatic rings. The molecule has 1 N–H and O–H groups in total. The maximum absolute atomic E-state index is 12.6. The molecule has 0 heterocycles. The summed E-state index contributed by atoms with van der Waals surface area (Å²) in [5, 5.41) is 3.26. The first-order valence-corrected chi connectivity index (χ1v) is 9.00. The number of nitrogens with zero attached hydrogens (tertiary/aromatic N) is 1. The fraction of sp³-hybridized carbons (Fsp3) is 0.600. The van der Waals surface area contributed by atoms with Crippen LogP contribution in [0.3, 0.4) is 0 Å². The number of rotatable bonds is 7. The van der Waals surface area contributed by atoms with E-state index in [-0.39, 0.29) is 12.1 Å². The van der Waals surface area contributed by atoms with E-state index in [9.17, 15) is 8.42 Å². The van der Waals surface area contributed by atoms with Gasteiger partial charge in [-0.05, 0) is 25.5 Å². The van der Waals surface area contributed by atoms with E-state index in [0.29, 0.717) is 11.6 Å². The molecule has 0 bridgehead atoms. The van der Waals surface area contributed by atoms with Gasteiger partial charge in [-0.1, -0.05) is 43.6 Å². The molecule has 0 saturated heterocycles. The van der Waals surface area contributed by atoms with Crippen LogP contribution < -0.4 is 5.32 Å². The summed E-state index contributed by atoms with van der Waals surface area (Å²) in [6.07, 6.45) is 0. The Hall–Kier alpha value is -0.620. The molecule has 0 spiro atoms. The van der Waals surface area contributed by atoms with Gasteiger partial charge in [0.25, 0.3) is 0 Å². The van der Waals surface area contributed by atoms with Crippen molar-refractivity contribution in [3.05, 3.63) is 34.9 Å². The summed E-state index contributed by atoms with van der Waals surface area (Å²) >= 11 is 6.16. The quantitative estimate of drug-likeness (QED) is 0.835. The van der Waals surface area contributed by atoms with Gasteiger partial charge in [0.2, 0.25) is 10.0 Å². The smallest absolute Gasteiger partial charge is 0.218 e. The Morgan fingerprint density at radius 2 is 1.76 bits per heavy atom. The van der Waals surface area contributed by atoms with E-state index >= 15 is 0 Å². The Bertz CT molecular complexity index is 561. The van der Waals surface area contributed by atoms with Crippen LogP contribution in [0.15, 0.2) is 24.3 Å². The molecule has 1 aromatic carbocycles. The van der Waals surface area contributed by atoms with Gasteiger partial charge in [0, 0.05) is 30.7 Å². The van der Waals surface area contributed by atoms with Crippen molar-refractivity contribution in [3.8, 4) is 0 Å². The highest BCUT2D eigenvalue weighted by Gasteiger charge is 2.30. The first kappa shape index (κ1) is 18.4. The Labute approximate surface area is 133 Å². The van der Waals surface area contributed by atoms with Crippen LogP contribution in [0.5, 0.6) is 0 Å². The highest BCUT2D eigenvalue weighted by molar-refractivity contribution is 7.89. The van der Waals surface area contributed by atoms with Crippen molar-refractivity contribution in [2.75, 3.05) is 13.6 Å². The number of hydrogen-bond acceptors (Lipinski definition) is 3. The standard InChI is InChI=1S/C15H25ClN2O2S/c1-11(2)17-10-12(3)21(19,20)18(5)13(4)14-8-6-7-9-15(14)16/h6-9,11-13,17H,10H2,1-5H3. The van der Waals surface area contributed by atoms with Gasteiger partial charge in [-0.25, -0.2) is 8.42 Å². The minimum absolute atomic E-state index is 0.258. The predicted molar refractivity (Wildman–Crippen MR) is 89.2 cm³/mol. The van der Waals surface area contributed by atoms with Gasteiger partial charge >= 0.3 is 0 Å². The summed E-state index contributed by atoms with van der Waals surface area (Å²) in [5.41, 5.74) is 0.814. The van der Waals surface area contributed by atoms with E-state index in [0.717, 1.165) is 5.56 Å². The lowest BCUT2D eigenvalue weighted by atomic mass is 10.1. The third kappa shape index (κ3) is 4.68. The summed E-state index contributed by atoms with van der Waals surface area (Å²) in [6.45, 7) is 7.99. The predicted octanol–water partition coefficient (Wildman–Crippen LogP) is 3.05. The zero-order chi connectivity index (χ0) is 16.2. The molecule has 0 radical (unpaired) electrons. The second-order valence-corrected chi connectivity index (χ2v) is 8.45. The minimum atomic E-state index is -3.39. The van der Waals surface area contributed by atoms with Gasteiger partial charge in [-0.2, -0.15) is 4.31 Å². The van der Waals surface area contributed by atoms with Crippen LogP contribution in [0, 0.1) is 0 Å². The highest BCUT2D eigenvalue weighted by atomic mass is 35.5. The van der Waals surface area contributed by atoms with E-state index in [1.165, 1.54) is 4.31 Å². The molecule has 0 amide bonds. The molecular formula is C15H25ClN2O2S. The van der Waals surface area contributed by atoms with Crippen LogP contribution in [-0.2, 0) is 10.0 Å². The van der Waals surface area contributed by atoms with Crippen molar-refractivity contribution < 1.29 is 8.42 Å². The maximum Gasteiger partial charge on any atom is 0.218 e. The average Bonchev–Trinajstić information content (AvgIpc) is 2.43. The molecule has 2 atom stereocenters. The third-order valence-corrected chi connectivity index (χ3v) is 6.27. The van der Waals surface area contributed by atoms with Crippen LogP contribution in [0.1, 0.15) is 39.3 Å². The molecule has 1 rings (SSSR count). The Morgan fingerprint density at radius 3 is 2.29 bits per heavy atom. The largest absolute Gasteiger partial charge is 0.313 e. The van der Waals surface area contributed by atoms with Gasteiger partial charge in [0.15, 0.2) is 0 Å². The summed E-state index contributed by atoms with van der Waals surface area (Å²) < 4.78 is 26.6. The summed E-state index contributed by atoms with van der Waals surface area (Å²) in [4.78, 5) is 0. The Morgan fingerprint density at radius 1 is 1.19 bits per heavy atom. The van der Waals surface area contributed by atoms with Crippen molar-refractivity contribution in [2.24, 2.45) is 0 Å². The second kappa shape index (κ2) is 7.58.